The van der Waals surface area contributed by atoms with Gasteiger partial charge in [-0.25, -0.2) is 9.59 Å². The van der Waals surface area contributed by atoms with E-state index in [9.17, 15) is 9.59 Å². The number of thiophene rings is 1. The molecule has 1 amide bonds. The first-order chi connectivity index (χ1) is 9.08. The Kier molecular flexibility index (Phi) is 6.03. The number of carboxylic acid groups (broad SMARTS) is 1. The van der Waals surface area contributed by atoms with Gasteiger partial charge in [-0.15, -0.1) is 11.3 Å². The van der Waals surface area contributed by atoms with Crippen LogP contribution in [0.2, 0.25) is 0 Å². The van der Waals surface area contributed by atoms with Gasteiger partial charge in [-0.2, -0.15) is 0 Å². The smallest absolute Gasteiger partial charge is 0.408 e. The summed E-state index contributed by atoms with van der Waals surface area (Å²) in [6, 6.07) is 0.795. The van der Waals surface area contributed by atoms with Crippen LogP contribution in [0.1, 0.15) is 25.6 Å². The van der Waals surface area contributed by atoms with Crippen molar-refractivity contribution in [2.45, 2.75) is 38.8 Å². The Morgan fingerprint density at radius 1 is 1.45 bits per heavy atom. The van der Waals surface area contributed by atoms with E-state index in [1.54, 1.807) is 20.8 Å². The molecule has 1 unspecified atom stereocenters. The molecule has 0 fully saturated rings. The van der Waals surface area contributed by atoms with E-state index in [2.05, 4.69) is 37.2 Å². The number of rotatable bonds is 4. The molecule has 0 bridgehead atoms. The van der Waals surface area contributed by atoms with Gasteiger partial charge < -0.3 is 15.2 Å². The van der Waals surface area contributed by atoms with Crippen molar-refractivity contribution in [3.63, 3.8) is 0 Å². The number of carbonyl (C=O) groups excluding carboxylic acids is 1. The van der Waals surface area contributed by atoms with Crippen LogP contribution < -0.4 is 5.32 Å². The van der Waals surface area contributed by atoms with Gasteiger partial charge in [0.15, 0.2) is 0 Å². The molecule has 0 radical (unpaired) electrons. The Labute approximate surface area is 138 Å². The minimum absolute atomic E-state index is 0.198. The van der Waals surface area contributed by atoms with Gasteiger partial charge in [0.2, 0.25) is 0 Å². The van der Waals surface area contributed by atoms with Crippen molar-refractivity contribution < 1.29 is 19.4 Å². The second-order valence-corrected chi connectivity index (χ2v) is 8.38. The van der Waals surface area contributed by atoms with Crippen LogP contribution in [-0.4, -0.2) is 28.8 Å². The molecule has 8 heteroatoms. The van der Waals surface area contributed by atoms with E-state index in [0.717, 1.165) is 13.1 Å². The van der Waals surface area contributed by atoms with E-state index in [0.29, 0.717) is 0 Å². The van der Waals surface area contributed by atoms with Crippen molar-refractivity contribution in [3.05, 3.63) is 19.2 Å². The summed E-state index contributed by atoms with van der Waals surface area (Å²) in [5, 5.41) is 11.5. The summed E-state index contributed by atoms with van der Waals surface area (Å²) in [4.78, 5) is 23.7. The number of halogens is 2. The fourth-order valence-corrected chi connectivity index (χ4v) is 3.57. The highest BCUT2D eigenvalue weighted by atomic mass is 79.9. The number of amides is 1. The summed E-state index contributed by atoms with van der Waals surface area (Å²) in [5.41, 5.74) is -0.665. The number of carbonyl (C=O) groups is 2. The highest BCUT2D eigenvalue weighted by Gasteiger charge is 2.25. The molecule has 0 saturated carbocycles. The lowest BCUT2D eigenvalue weighted by atomic mass is 10.2. The molecule has 2 N–H and O–H groups in total. The number of carboxylic acids is 1. The zero-order chi connectivity index (χ0) is 15.5. The zero-order valence-electron chi connectivity index (χ0n) is 11.2. The second kappa shape index (κ2) is 6.91. The van der Waals surface area contributed by atoms with Gasteiger partial charge in [-0.3, -0.25) is 0 Å². The fourth-order valence-electron chi connectivity index (χ4n) is 1.34. The summed E-state index contributed by atoms with van der Waals surface area (Å²) in [6.07, 6.45) is -0.539. The monoisotopic (exact) mass is 427 g/mol. The van der Waals surface area contributed by atoms with Gasteiger partial charge in [-0.1, -0.05) is 0 Å². The molecule has 0 aliphatic carbocycles. The summed E-state index contributed by atoms with van der Waals surface area (Å²) < 4.78 is 6.80. The van der Waals surface area contributed by atoms with Crippen molar-refractivity contribution >= 4 is 55.3 Å². The molecule has 0 spiro atoms. The van der Waals surface area contributed by atoms with Crippen LogP contribution in [0.4, 0.5) is 4.79 Å². The van der Waals surface area contributed by atoms with Crippen LogP contribution in [-0.2, 0) is 16.0 Å². The maximum Gasteiger partial charge on any atom is 0.408 e. The molecule has 1 rings (SSSR count). The van der Waals surface area contributed by atoms with Gasteiger partial charge in [0.1, 0.15) is 11.6 Å². The predicted octanol–water partition coefficient (Wildman–Crippen LogP) is 3.79. The third-order valence-corrected chi connectivity index (χ3v) is 5.37. The molecule has 20 heavy (non-hydrogen) atoms. The lowest BCUT2D eigenvalue weighted by molar-refractivity contribution is -0.139. The van der Waals surface area contributed by atoms with E-state index in [-0.39, 0.29) is 6.42 Å². The van der Waals surface area contributed by atoms with Crippen molar-refractivity contribution in [3.8, 4) is 0 Å². The molecule has 1 aromatic rings. The molecule has 0 aromatic carbocycles. The van der Waals surface area contributed by atoms with Crippen molar-refractivity contribution in [1.82, 2.24) is 5.32 Å². The van der Waals surface area contributed by atoms with Crippen molar-refractivity contribution in [2.75, 3.05) is 0 Å². The number of nitrogens with one attached hydrogen (secondary N) is 1. The van der Waals surface area contributed by atoms with Crippen molar-refractivity contribution in [1.29, 1.82) is 0 Å². The molecule has 1 atom stereocenters. The normalized spacial score (nSPS) is 12.8. The molecule has 0 saturated heterocycles. The summed E-state index contributed by atoms with van der Waals surface area (Å²) >= 11 is 8.10. The summed E-state index contributed by atoms with van der Waals surface area (Å²) in [7, 11) is 0. The average Bonchev–Trinajstić information content (AvgIpc) is 2.54. The lowest BCUT2D eigenvalue weighted by Crippen LogP contribution is -2.44. The zero-order valence-corrected chi connectivity index (χ0v) is 15.2. The van der Waals surface area contributed by atoms with Crippen LogP contribution in [0, 0.1) is 0 Å². The summed E-state index contributed by atoms with van der Waals surface area (Å²) in [5.74, 6) is -1.10. The first-order valence-corrected chi connectivity index (χ1v) is 8.15. The first-order valence-electron chi connectivity index (χ1n) is 5.74. The quantitative estimate of drug-likeness (QED) is 0.764. The van der Waals surface area contributed by atoms with Crippen LogP contribution in [0.3, 0.4) is 0 Å². The highest BCUT2D eigenvalue weighted by Crippen LogP contribution is 2.33. The molecular formula is C12H15Br2NO4S. The third kappa shape index (κ3) is 5.80. The van der Waals surface area contributed by atoms with E-state index < -0.39 is 23.7 Å². The van der Waals surface area contributed by atoms with Crippen LogP contribution in [0.15, 0.2) is 14.3 Å². The van der Waals surface area contributed by atoms with Gasteiger partial charge in [0.25, 0.3) is 0 Å². The Hall–Kier alpha value is -0.600. The number of ether oxygens (including phenoxy) is 1. The largest absolute Gasteiger partial charge is 0.480 e. The SMILES string of the molecule is CC(C)(C)OC(=O)NC(Cc1cc(Br)c(Br)s1)C(=O)O. The molecule has 5 nitrogen and oxygen atoms in total. The minimum Gasteiger partial charge on any atom is -0.480 e. The Balaban J connectivity index is 2.70. The molecule has 112 valence electrons. The molecular weight excluding hydrogens is 414 g/mol. The van der Waals surface area contributed by atoms with Crippen LogP contribution in [0.5, 0.6) is 0 Å². The maximum atomic E-state index is 11.6. The minimum atomic E-state index is -1.10. The topological polar surface area (TPSA) is 75.6 Å². The van der Waals surface area contributed by atoms with Gasteiger partial charge >= 0.3 is 12.1 Å². The number of hydrogen-bond acceptors (Lipinski definition) is 4. The predicted molar refractivity (Wildman–Crippen MR) is 84.2 cm³/mol. The molecule has 1 aromatic heterocycles. The Morgan fingerprint density at radius 2 is 2.05 bits per heavy atom. The van der Waals surface area contributed by atoms with Gasteiger partial charge in [-0.05, 0) is 58.7 Å². The average molecular weight is 429 g/mol. The van der Waals surface area contributed by atoms with E-state index >= 15 is 0 Å². The van der Waals surface area contributed by atoms with Crippen LogP contribution in [0.25, 0.3) is 0 Å². The van der Waals surface area contributed by atoms with E-state index in [1.807, 2.05) is 6.07 Å². The van der Waals surface area contributed by atoms with Crippen LogP contribution >= 0.6 is 43.2 Å². The van der Waals surface area contributed by atoms with Gasteiger partial charge in [0, 0.05) is 15.8 Å². The fraction of sp³-hybridized carbons (Fsp3) is 0.500. The van der Waals surface area contributed by atoms with E-state index in [1.165, 1.54) is 11.3 Å². The third-order valence-electron chi connectivity index (χ3n) is 2.09. The molecule has 0 aliphatic rings. The number of hydrogen-bond donors (Lipinski definition) is 2. The van der Waals surface area contributed by atoms with Gasteiger partial charge in [0.05, 0.1) is 3.79 Å². The van der Waals surface area contributed by atoms with E-state index in [4.69, 9.17) is 9.84 Å². The highest BCUT2D eigenvalue weighted by molar-refractivity contribution is 9.13. The summed E-state index contributed by atoms with van der Waals surface area (Å²) in [6.45, 7) is 5.15. The molecule has 1 heterocycles. The second-order valence-electron chi connectivity index (χ2n) is 5.08. The Morgan fingerprint density at radius 3 is 2.45 bits per heavy atom. The first kappa shape index (κ1) is 17.5. The molecule has 0 aliphatic heterocycles. The standard InChI is InChI=1S/C12H15Br2NO4S/c1-12(2,3)19-11(18)15-8(10(16)17)5-6-4-7(13)9(14)20-6/h4,8H,5H2,1-3H3,(H,15,18)(H,16,17). The number of aliphatic carboxylic acids is 1. The number of alkyl carbamates (subject to hydrolysis) is 1. The Bertz CT molecular complexity index is 491. The van der Waals surface area contributed by atoms with Crippen molar-refractivity contribution in [2.24, 2.45) is 0 Å². The lowest BCUT2D eigenvalue weighted by Gasteiger charge is -2.21. The maximum absolute atomic E-state index is 11.6.